The summed E-state index contributed by atoms with van der Waals surface area (Å²) in [6.45, 7) is 0. The van der Waals surface area contributed by atoms with Gasteiger partial charge in [0.2, 0.25) is 5.91 Å². The predicted molar refractivity (Wildman–Crippen MR) is 127 cm³/mol. The highest BCUT2D eigenvalue weighted by molar-refractivity contribution is 6.31. The molecule has 0 spiro atoms. The first-order valence-corrected chi connectivity index (χ1v) is 11.7. The van der Waals surface area contributed by atoms with Gasteiger partial charge in [0.25, 0.3) is 0 Å². The molecular weight excluding hydrogens is 466 g/mol. The molecule has 4 N–H and O–H groups in total. The van der Waals surface area contributed by atoms with Gasteiger partial charge in [-0.05, 0) is 42.5 Å². The molecule has 2 unspecified atom stereocenters. The van der Waals surface area contributed by atoms with Gasteiger partial charge in [-0.15, -0.1) is 0 Å². The number of aromatic nitrogens is 1. The Kier molecular flexibility index (Phi) is 5.22. The van der Waals surface area contributed by atoms with Gasteiger partial charge in [0.05, 0.1) is 17.2 Å². The van der Waals surface area contributed by atoms with Crippen LogP contribution in [0.5, 0.6) is 5.75 Å². The lowest BCUT2D eigenvalue weighted by Gasteiger charge is -2.48. The lowest BCUT2D eigenvalue weighted by atomic mass is 9.53. The monoisotopic (exact) mass is 493 g/mol. The second kappa shape index (κ2) is 7.86. The summed E-state index contributed by atoms with van der Waals surface area (Å²) in [6.07, 6.45) is 1.74. The average Bonchev–Trinajstić information content (AvgIpc) is 3.21. The van der Waals surface area contributed by atoms with Crippen molar-refractivity contribution in [1.82, 2.24) is 4.57 Å². The summed E-state index contributed by atoms with van der Waals surface area (Å²) in [6, 6.07) is 5.38. The Bertz CT molecular complexity index is 1370. The van der Waals surface area contributed by atoms with Crippen LogP contribution in [0.4, 0.5) is 5.69 Å². The highest BCUT2D eigenvalue weighted by atomic mass is 16.3. The summed E-state index contributed by atoms with van der Waals surface area (Å²) in [4.78, 5) is 66.7. The number of carbonyl (C=O) groups is 5. The van der Waals surface area contributed by atoms with E-state index >= 15 is 0 Å². The van der Waals surface area contributed by atoms with Gasteiger partial charge in [-0.2, -0.15) is 0 Å². The van der Waals surface area contributed by atoms with E-state index < -0.39 is 58.3 Å². The van der Waals surface area contributed by atoms with Crippen molar-refractivity contribution in [2.45, 2.75) is 24.9 Å². The number of nitrogens with two attached hydrogens (primary N) is 1. The van der Waals surface area contributed by atoms with Crippen molar-refractivity contribution in [3.8, 4) is 17.0 Å². The molecule has 188 valence electrons. The molecule has 3 aliphatic carbocycles. The number of aromatic hydroxyl groups is 1. The van der Waals surface area contributed by atoms with E-state index in [9.17, 15) is 34.2 Å². The van der Waals surface area contributed by atoms with E-state index in [4.69, 9.17) is 5.73 Å². The lowest BCUT2D eigenvalue weighted by Crippen LogP contribution is -2.68. The molecule has 1 aromatic heterocycles. The predicted octanol–water partition coefficient (Wildman–Crippen LogP) is 0.398. The van der Waals surface area contributed by atoms with Crippen LogP contribution in [-0.2, 0) is 32.6 Å². The number of primary amides is 1. The third kappa shape index (κ3) is 3.03. The number of rotatable bonds is 3. The summed E-state index contributed by atoms with van der Waals surface area (Å²) in [5.41, 5.74) is 4.89. The van der Waals surface area contributed by atoms with Crippen molar-refractivity contribution in [3.05, 3.63) is 35.5 Å². The zero-order valence-electron chi connectivity index (χ0n) is 20.1. The number of fused-ring (bicyclic) bond motifs is 3. The fourth-order valence-corrected chi connectivity index (χ4v) is 6.35. The first-order valence-electron chi connectivity index (χ1n) is 11.7. The maximum atomic E-state index is 13.9. The number of amides is 1. The molecule has 2 aromatic rings. The van der Waals surface area contributed by atoms with E-state index in [2.05, 4.69) is 0 Å². The molecule has 0 saturated heterocycles. The minimum Gasteiger partial charge on any atom is -0.506 e. The van der Waals surface area contributed by atoms with Crippen molar-refractivity contribution < 1.29 is 34.2 Å². The van der Waals surface area contributed by atoms with Crippen LogP contribution in [0.15, 0.2) is 24.4 Å². The van der Waals surface area contributed by atoms with Crippen LogP contribution in [0.1, 0.15) is 28.8 Å². The highest BCUT2D eigenvalue weighted by Gasteiger charge is 2.66. The smallest absolute Gasteiger partial charge is 0.235 e. The molecule has 5 rings (SSSR count). The second-order valence-corrected chi connectivity index (χ2v) is 10.3. The molecule has 1 aromatic carbocycles. The number of aryl methyl sites for hydroxylation is 1. The molecule has 3 aliphatic rings. The quantitative estimate of drug-likeness (QED) is 0.518. The third-order valence-corrected chi connectivity index (χ3v) is 8.08. The number of Topliss-reactive ketones (excluding diaryl/α,β-unsaturated/α-hetero) is 4. The van der Waals surface area contributed by atoms with Crippen LogP contribution in [0, 0.1) is 23.7 Å². The van der Waals surface area contributed by atoms with Gasteiger partial charge in [0.1, 0.15) is 5.75 Å². The molecule has 10 nitrogen and oxygen atoms in total. The normalized spacial score (nSPS) is 29.4. The van der Waals surface area contributed by atoms with E-state index in [1.165, 1.54) is 0 Å². The Morgan fingerprint density at radius 3 is 2.44 bits per heavy atom. The van der Waals surface area contributed by atoms with Crippen molar-refractivity contribution in [3.63, 3.8) is 0 Å². The van der Waals surface area contributed by atoms with Gasteiger partial charge in [0.15, 0.2) is 34.7 Å². The minimum atomic E-state index is -2.66. The largest absolute Gasteiger partial charge is 0.506 e. The van der Waals surface area contributed by atoms with Crippen molar-refractivity contribution in [2.24, 2.45) is 36.5 Å². The molecule has 0 bridgehead atoms. The third-order valence-electron chi connectivity index (χ3n) is 8.08. The molecule has 1 amide bonds. The first kappa shape index (κ1) is 23.9. The molecular formula is C26H27N3O7. The van der Waals surface area contributed by atoms with E-state index in [1.54, 1.807) is 36.0 Å². The maximum absolute atomic E-state index is 13.9. The minimum absolute atomic E-state index is 0.0140. The van der Waals surface area contributed by atoms with Crippen molar-refractivity contribution in [2.75, 3.05) is 19.0 Å². The second-order valence-electron chi connectivity index (χ2n) is 10.3. The Labute approximate surface area is 206 Å². The van der Waals surface area contributed by atoms with Gasteiger partial charge in [0, 0.05) is 50.9 Å². The molecule has 1 heterocycles. The maximum Gasteiger partial charge on any atom is 0.235 e. The lowest BCUT2D eigenvalue weighted by molar-refractivity contribution is -0.175. The summed E-state index contributed by atoms with van der Waals surface area (Å²) in [5.74, 6) is -10.1. The zero-order valence-corrected chi connectivity index (χ0v) is 20.1. The number of benzene rings is 1. The van der Waals surface area contributed by atoms with E-state index in [-0.39, 0.29) is 30.6 Å². The van der Waals surface area contributed by atoms with Crippen LogP contribution < -0.4 is 10.6 Å². The van der Waals surface area contributed by atoms with Crippen LogP contribution in [-0.4, -0.2) is 63.5 Å². The topological polar surface area (TPSA) is 160 Å². The number of nitrogens with zero attached hydrogens (tertiary/aromatic N) is 2. The Hall–Kier alpha value is -3.79. The van der Waals surface area contributed by atoms with Gasteiger partial charge in [-0.3, -0.25) is 24.0 Å². The molecule has 0 aliphatic heterocycles. The number of phenolic OH excluding ortho intramolecular Hbond substituents is 1. The number of hydrogen-bond acceptors (Lipinski definition) is 8. The fourth-order valence-electron chi connectivity index (χ4n) is 6.35. The van der Waals surface area contributed by atoms with Crippen LogP contribution in [0.2, 0.25) is 0 Å². The number of ketones is 4. The Balaban J connectivity index is 1.67. The van der Waals surface area contributed by atoms with Gasteiger partial charge < -0.3 is 25.4 Å². The van der Waals surface area contributed by atoms with Crippen molar-refractivity contribution in [1.29, 1.82) is 0 Å². The summed E-state index contributed by atoms with van der Waals surface area (Å²) in [5, 5.41) is 22.6. The van der Waals surface area contributed by atoms with E-state index in [1.807, 2.05) is 19.0 Å². The molecule has 2 saturated carbocycles. The standard InChI is InChI=1S/C26H27N3O7/c1-28(2)16-10-14(15-5-4-6-29(15)3)21(31)19-13(16)8-11-7-12-9-17(30)20(25(27)35)24(34)26(12,36)23(33)18(11)22(19)32/h4-6,10-12,18,20,31,36H,7-9H2,1-3H3,(H2,27,35)/t11-,12+,18?,20?,26+/m1/s1. The first-order chi connectivity index (χ1) is 16.9. The van der Waals surface area contributed by atoms with Crippen molar-refractivity contribution >= 4 is 34.7 Å². The number of phenols is 1. The van der Waals surface area contributed by atoms with Crippen LogP contribution in [0.3, 0.4) is 0 Å². The van der Waals surface area contributed by atoms with Gasteiger partial charge in [-0.1, -0.05) is 0 Å². The van der Waals surface area contributed by atoms with Crippen LogP contribution >= 0.6 is 0 Å². The summed E-state index contributed by atoms with van der Waals surface area (Å²) < 4.78 is 1.79. The Morgan fingerprint density at radius 2 is 1.86 bits per heavy atom. The Morgan fingerprint density at radius 1 is 1.17 bits per heavy atom. The summed E-state index contributed by atoms with van der Waals surface area (Å²) >= 11 is 0. The molecule has 0 radical (unpaired) electrons. The number of aliphatic hydroxyl groups is 1. The summed E-state index contributed by atoms with van der Waals surface area (Å²) in [7, 11) is 5.42. The number of carbonyl (C=O) groups excluding carboxylic acids is 5. The number of anilines is 1. The van der Waals surface area contributed by atoms with Gasteiger partial charge >= 0.3 is 0 Å². The SMILES string of the molecule is CN(C)c1cc(-c2cccn2C)c(O)c2c1C[C@H]1C[C@H]3CC(=O)C(C(N)=O)C(=O)[C@@]3(O)C(=O)C1C2=O. The average molecular weight is 494 g/mol. The zero-order chi connectivity index (χ0) is 26.3. The van der Waals surface area contributed by atoms with Gasteiger partial charge in [-0.25, -0.2) is 0 Å². The molecule has 5 atom stereocenters. The molecule has 36 heavy (non-hydrogen) atoms. The molecule has 2 fully saturated rings. The highest BCUT2D eigenvalue weighted by Crippen LogP contribution is 2.52. The fraction of sp³-hybridized carbons (Fsp3) is 0.423. The van der Waals surface area contributed by atoms with E-state index in [0.29, 0.717) is 22.5 Å². The number of hydrogen-bond donors (Lipinski definition) is 3. The molecule has 10 heteroatoms. The van der Waals surface area contributed by atoms with E-state index in [0.717, 1.165) is 0 Å². The van der Waals surface area contributed by atoms with Crippen LogP contribution in [0.25, 0.3) is 11.3 Å².